The van der Waals surface area contributed by atoms with Crippen LogP contribution in [0.1, 0.15) is 65.3 Å². The summed E-state index contributed by atoms with van der Waals surface area (Å²) in [5.74, 6) is -0.362. The molecule has 0 bridgehead atoms. The summed E-state index contributed by atoms with van der Waals surface area (Å²) in [4.78, 5) is 38.0. The lowest BCUT2D eigenvalue weighted by molar-refractivity contribution is 0.0642. The highest BCUT2D eigenvalue weighted by Gasteiger charge is 2.35. The van der Waals surface area contributed by atoms with Gasteiger partial charge >= 0.3 is 6.09 Å². The van der Waals surface area contributed by atoms with Crippen molar-refractivity contribution in [2.45, 2.75) is 46.1 Å². The highest BCUT2D eigenvalue weighted by atomic mass is 32.1. The van der Waals surface area contributed by atoms with Gasteiger partial charge in [0, 0.05) is 0 Å². The lowest BCUT2D eigenvalue weighted by Crippen LogP contribution is -2.29. The normalized spacial score (nSPS) is 14.1. The second-order valence-corrected chi connectivity index (χ2v) is 7.95. The third-order valence-corrected chi connectivity index (χ3v) is 5.66. The monoisotopic (exact) mass is 416 g/mol. The molecule has 3 rings (SSSR count). The molecular weight excluding hydrogens is 392 g/mol. The zero-order valence-corrected chi connectivity index (χ0v) is 17.3. The Kier molecular flexibility index (Phi) is 6.92. The molecule has 0 saturated heterocycles. The van der Waals surface area contributed by atoms with Crippen molar-refractivity contribution in [2.24, 2.45) is 5.92 Å². The summed E-state index contributed by atoms with van der Waals surface area (Å²) in [5, 5.41) is 11.1. The van der Waals surface area contributed by atoms with Crippen molar-refractivity contribution < 1.29 is 19.1 Å². The van der Waals surface area contributed by atoms with E-state index in [0.29, 0.717) is 28.7 Å². The number of ether oxygens (including phenoxy) is 1. The maximum Gasteiger partial charge on any atom is 0.413 e. The number of hydrogen-bond acceptors (Lipinski definition) is 7. The van der Waals surface area contributed by atoms with E-state index in [1.807, 2.05) is 0 Å². The molecule has 0 radical (unpaired) electrons. The third-order valence-electron chi connectivity index (χ3n) is 4.84. The molecule has 1 aliphatic heterocycles. The molecule has 1 aliphatic rings. The summed E-state index contributed by atoms with van der Waals surface area (Å²) in [6, 6.07) is 6.69. The topological polar surface area (TPSA) is 101 Å². The Morgan fingerprint density at radius 1 is 1.17 bits per heavy atom. The smallest absolute Gasteiger partial charge is 0.413 e. The molecule has 1 aromatic heterocycles. The van der Waals surface area contributed by atoms with E-state index in [4.69, 9.17) is 4.74 Å². The first-order valence-electron chi connectivity index (χ1n) is 9.74. The molecule has 0 spiro atoms. The van der Waals surface area contributed by atoms with E-state index in [-0.39, 0.29) is 23.5 Å². The Bertz CT molecular complexity index is 863. The summed E-state index contributed by atoms with van der Waals surface area (Å²) < 4.78 is 5.29. The molecular formula is C20H24N4O4S. The van der Waals surface area contributed by atoms with Crippen molar-refractivity contribution in [2.75, 3.05) is 11.9 Å². The molecule has 1 unspecified atom stereocenters. The number of fused-ring (bicyclic) bond motifs is 1. The molecule has 2 aromatic rings. The Hall–Kier alpha value is -2.81. The van der Waals surface area contributed by atoms with Gasteiger partial charge in [0.15, 0.2) is 0 Å². The van der Waals surface area contributed by atoms with Gasteiger partial charge in [-0.25, -0.2) is 4.79 Å². The van der Waals surface area contributed by atoms with Crippen LogP contribution in [0.2, 0.25) is 0 Å². The minimum Gasteiger partial charge on any atom is -0.449 e. The number of nitrogens with one attached hydrogen (secondary N) is 1. The predicted octanol–water partition coefficient (Wildman–Crippen LogP) is 4.10. The summed E-state index contributed by atoms with van der Waals surface area (Å²) in [5.41, 5.74) is 0.773. The first-order chi connectivity index (χ1) is 14.0. The minimum absolute atomic E-state index is 0.00959. The number of imide groups is 1. The Morgan fingerprint density at radius 2 is 1.86 bits per heavy atom. The van der Waals surface area contributed by atoms with E-state index in [2.05, 4.69) is 29.4 Å². The van der Waals surface area contributed by atoms with E-state index >= 15 is 0 Å². The van der Waals surface area contributed by atoms with E-state index < -0.39 is 6.09 Å². The SMILES string of the molecule is CCCCC(CC)COC(=O)Nc1nnc(CN2C(=O)c3ccccc3C2=O)s1. The average Bonchev–Trinajstić information content (AvgIpc) is 3.26. The number of rotatable bonds is 9. The first-order valence-corrected chi connectivity index (χ1v) is 10.6. The standard InChI is InChI=1S/C20H24N4O4S/c1-3-5-8-13(4-2)12-28-20(27)21-19-23-22-16(29-19)11-24-17(25)14-9-6-7-10-15(14)18(24)26/h6-7,9-10,13H,3-5,8,11-12H2,1-2H3,(H,21,23,27). The van der Waals surface area contributed by atoms with Crippen LogP contribution in [-0.4, -0.2) is 39.6 Å². The van der Waals surface area contributed by atoms with E-state index in [0.717, 1.165) is 41.9 Å². The van der Waals surface area contributed by atoms with Crippen molar-refractivity contribution in [3.8, 4) is 0 Å². The maximum atomic E-state index is 12.4. The van der Waals surface area contributed by atoms with Crippen molar-refractivity contribution in [3.05, 3.63) is 40.4 Å². The largest absolute Gasteiger partial charge is 0.449 e. The number of anilines is 1. The van der Waals surface area contributed by atoms with E-state index in [1.54, 1.807) is 24.3 Å². The van der Waals surface area contributed by atoms with Crippen LogP contribution in [0.5, 0.6) is 0 Å². The van der Waals surface area contributed by atoms with Gasteiger partial charge < -0.3 is 4.74 Å². The highest BCUT2D eigenvalue weighted by Crippen LogP contribution is 2.26. The molecule has 2 heterocycles. The molecule has 0 aliphatic carbocycles. The van der Waals surface area contributed by atoms with E-state index in [1.165, 1.54) is 0 Å². The molecule has 29 heavy (non-hydrogen) atoms. The summed E-state index contributed by atoms with van der Waals surface area (Å²) in [6.45, 7) is 4.59. The van der Waals surface area contributed by atoms with Crippen LogP contribution in [0.3, 0.4) is 0 Å². The second-order valence-electron chi connectivity index (χ2n) is 6.88. The Balaban J connectivity index is 1.53. The number of nitrogens with zero attached hydrogens (tertiary/aromatic N) is 3. The van der Waals surface area contributed by atoms with Crippen molar-refractivity contribution >= 4 is 34.4 Å². The van der Waals surface area contributed by atoms with Gasteiger partial charge in [-0.05, 0) is 24.5 Å². The van der Waals surface area contributed by atoms with Gasteiger partial charge in [-0.2, -0.15) is 0 Å². The average molecular weight is 417 g/mol. The molecule has 0 fully saturated rings. The molecule has 3 amide bonds. The number of carbonyl (C=O) groups is 3. The van der Waals surface area contributed by atoms with Crippen molar-refractivity contribution in [1.29, 1.82) is 0 Å². The lowest BCUT2D eigenvalue weighted by Gasteiger charge is -2.14. The molecule has 8 nitrogen and oxygen atoms in total. The van der Waals surface area contributed by atoms with Gasteiger partial charge in [0.1, 0.15) is 5.01 Å². The number of aromatic nitrogens is 2. The van der Waals surface area contributed by atoms with Gasteiger partial charge in [0.2, 0.25) is 5.13 Å². The Labute approximate surface area is 173 Å². The third kappa shape index (κ3) is 4.97. The summed E-state index contributed by atoms with van der Waals surface area (Å²) >= 11 is 1.10. The fourth-order valence-electron chi connectivity index (χ4n) is 3.10. The Morgan fingerprint density at radius 3 is 2.48 bits per heavy atom. The summed E-state index contributed by atoms with van der Waals surface area (Å²) in [6.07, 6.45) is 3.63. The second kappa shape index (κ2) is 9.60. The maximum absolute atomic E-state index is 12.4. The quantitative estimate of drug-likeness (QED) is 0.618. The number of hydrogen-bond donors (Lipinski definition) is 1. The van der Waals surface area contributed by atoms with Gasteiger partial charge in [-0.15, -0.1) is 10.2 Å². The van der Waals surface area contributed by atoms with Crippen LogP contribution in [0.15, 0.2) is 24.3 Å². The van der Waals surface area contributed by atoms with Crippen LogP contribution in [-0.2, 0) is 11.3 Å². The minimum atomic E-state index is -0.580. The van der Waals surface area contributed by atoms with Gasteiger partial charge in [0.25, 0.3) is 11.8 Å². The van der Waals surface area contributed by atoms with Gasteiger partial charge in [0.05, 0.1) is 24.3 Å². The number of benzene rings is 1. The fraction of sp³-hybridized carbons (Fsp3) is 0.450. The molecule has 1 atom stereocenters. The molecule has 1 N–H and O–H groups in total. The highest BCUT2D eigenvalue weighted by molar-refractivity contribution is 7.15. The van der Waals surface area contributed by atoms with Crippen LogP contribution in [0, 0.1) is 5.92 Å². The molecule has 0 saturated carbocycles. The predicted molar refractivity (Wildman–Crippen MR) is 109 cm³/mol. The fourth-order valence-corrected chi connectivity index (χ4v) is 3.82. The zero-order chi connectivity index (χ0) is 20.8. The number of unbranched alkanes of at least 4 members (excludes halogenated alkanes) is 1. The van der Waals surface area contributed by atoms with Crippen LogP contribution in [0.4, 0.5) is 9.93 Å². The lowest BCUT2D eigenvalue weighted by atomic mass is 10.0. The first kappa shape index (κ1) is 20.9. The van der Waals surface area contributed by atoms with Gasteiger partial charge in [-0.3, -0.25) is 19.8 Å². The summed E-state index contributed by atoms with van der Waals surface area (Å²) in [7, 11) is 0. The van der Waals surface area contributed by atoms with Crippen LogP contribution in [0.25, 0.3) is 0 Å². The van der Waals surface area contributed by atoms with Crippen molar-refractivity contribution in [1.82, 2.24) is 15.1 Å². The van der Waals surface area contributed by atoms with E-state index in [9.17, 15) is 14.4 Å². The number of amides is 3. The molecule has 1 aromatic carbocycles. The van der Waals surface area contributed by atoms with Gasteiger partial charge in [-0.1, -0.05) is 56.6 Å². The van der Waals surface area contributed by atoms with Crippen LogP contribution < -0.4 is 5.32 Å². The molecule has 9 heteroatoms. The number of carbonyl (C=O) groups excluding carboxylic acids is 3. The molecule has 154 valence electrons. The zero-order valence-electron chi connectivity index (χ0n) is 16.5. The van der Waals surface area contributed by atoms with Crippen LogP contribution >= 0.6 is 11.3 Å². The van der Waals surface area contributed by atoms with Crippen molar-refractivity contribution in [3.63, 3.8) is 0 Å².